The molecule has 1 aliphatic carbocycles. The standard InChI is InChI=1S/C21H27N3O5S/c1-24-21(25)17-8-4-3-7-16(17)20(23-24)14-9-10-18(28-2)19(12-14)30(26,27)22-13-15-6-5-11-29-15/h9-10,12,15,22H,3-8,11,13H2,1-2H3/t15-/m0/s1. The van der Waals surface area contributed by atoms with Crippen molar-refractivity contribution in [3.63, 3.8) is 0 Å². The number of benzene rings is 1. The minimum absolute atomic E-state index is 0.0562. The van der Waals surface area contributed by atoms with E-state index in [0.717, 1.165) is 49.7 Å². The molecule has 2 heterocycles. The van der Waals surface area contributed by atoms with Crippen molar-refractivity contribution in [2.24, 2.45) is 7.05 Å². The van der Waals surface area contributed by atoms with Crippen molar-refractivity contribution in [2.45, 2.75) is 49.5 Å². The monoisotopic (exact) mass is 433 g/mol. The predicted molar refractivity (Wildman–Crippen MR) is 112 cm³/mol. The summed E-state index contributed by atoms with van der Waals surface area (Å²) in [5.74, 6) is 0.261. The quantitative estimate of drug-likeness (QED) is 0.746. The molecule has 1 fully saturated rings. The highest BCUT2D eigenvalue weighted by Gasteiger charge is 2.26. The second-order valence-electron chi connectivity index (χ2n) is 7.79. The molecule has 2 aromatic rings. The first kappa shape index (κ1) is 21.0. The van der Waals surface area contributed by atoms with E-state index in [-0.39, 0.29) is 28.9 Å². The Hall–Kier alpha value is -2.23. The first-order valence-corrected chi connectivity index (χ1v) is 11.8. The highest BCUT2D eigenvalue weighted by atomic mass is 32.2. The molecule has 30 heavy (non-hydrogen) atoms. The Bertz CT molecular complexity index is 1100. The number of fused-ring (bicyclic) bond motifs is 1. The summed E-state index contributed by atoms with van der Waals surface area (Å²) in [6.45, 7) is 0.887. The molecule has 0 radical (unpaired) electrons. The van der Waals surface area contributed by atoms with Crippen LogP contribution in [0.15, 0.2) is 27.9 Å². The first-order chi connectivity index (χ1) is 14.4. The highest BCUT2D eigenvalue weighted by molar-refractivity contribution is 7.89. The van der Waals surface area contributed by atoms with Gasteiger partial charge in [-0.3, -0.25) is 4.79 Å². The number of ether oxygens (including phenoxy) is 2. The molecule has 1 aromatic carbocycles. The summed E-state index contributed by atoms with van der Waals surface area (Å²) < 4.78 is 40.9. The highest BCUT2D eigenvalue weighted by Crippen LogP contribution is 2.33. The molecule has 0 amide bonds. The first-order valence-electron chi connectivity index (χ1n) is 10.3. The van der Waals surface area contributed by atoms with Crippen LogP contribution < -0.4 is 15.0 Å². The van der Waals surface area contributed by atoms with Crippen LogP contribution in [0.5, 0.6) is 5.75 Å². The molecular weight excluding hydrogens is 406 g/mol. The zero-order chi connectivity index (χ0) is 21.3. The third-order valence-electron chi connectivity index (χ3n) is 5.81. The maximum Gasteiger partial charge on any atom is 0.269 e. The largest absolute Gasteiger partial charge is 0.495 e. The molecule has 1 atom stereocenters. The third kappa shape index (κ3) is 4.01. The van der Waals surface area contributed by atoms with Crippen LogP contribution in [0.2, 0.25) is 0 Å². The van der Waals surface area contributed by atoms with Crippen molar-refractivity contribution in [3.05, 3.63) is 39.7 Å². The molecule has 1 saturated heterocycles. The number of aromatic nitrogens is 2. The summed E-state index contributed by atoms with van der Waals surface area (Å²) in [6.07, 6.45) is 5.12. The van der Waals surface area contributed by atoms with E-state index < -0.39 is 10.0 Å². The summed E-state index contributed by atoms with van der Waals surface area (Å²) in [5.41, 5.74) is 2.94. The van der Waals surface area contributed by atoms with Gasteiger partial charge in [0.15, 0.2) is 0 Å². The predicted octanol–water partition coefficient (Wildman–Crippen LogP) is 1.79. The molecule has 9 heteroatoms. The second kappa shape index (κ2) is 8.49. The molecule has 2 aliphatic rings. The molecule has 0 spiro atoms. The molecule has 4 rings (SSSR count). The van der Waals surface area contributed by atoms with Gasteiger partial charge in [-0.25, -0.2) is 17.8 Å². The summed E-state index contributed by atoms with van der Waals surface area (Å²) >= 11 is 0. The van der Waals surface area contributed by atoms with Crippen molar-refractivity contribution in [3.8, 4) is 17.0 Å². The lowest BCUT2D eigenvalue weighted by atomic mass is 9.90. The summed E-state index contributed by atoms with van der Waals surface area (Å²) in [7, 11) is -0.737. The third-order valence-corrected chi connectivity index (χ3v) is 7.25. The van der Waals surface area contributed by atoms with Crippen LogP contribution in [-0.2, 0) is 34.6 Å². The van der Waals surface area contributed by atoms with Gasteiger partial charge in [0, 0.05) is 31.3 Å². The van der Waals surface area contributed by atoms with Gasteiger partial charge in [-0.05, 0) is 62.3 Å². The van der Waals surface area contributed by atoms with Crippen LogP contribution in [0.4, 0.5) is 0 Å². The Morgan fingerprint density at radius 2 is 2.00 bits per heavy atom. The zero-order valence-corrected chi connectivity index (χ0v) is 18.1. The van der Waals surface area contributed by atoms with Crippen LogP contribution in [0, 0.1) is 0 Å². The molecular formula is C21H27N3O5S. The van der Waals surface area contributed by atoms with E-state index in [2.05, 4.69) is 9.82 Å². The number of methoxy groups -OCH3 is 1. The lowest BCUT2D eigenvalue weighted by Gasteiger charge is -2.20. The Morgan fingerprint density at radius 3 is 2.70 bits per heavy atom. The maximum atomic E-state index is 13.0. The van der Waals surface area contributed by atoms with Crippen LogP contribution in [0.1, 0.15) is 36.8 Å². The van der Waals surface area contributed by atoms with Gasteiger partial charge in [-0.1, -0.05) is 0 Å². The minimum Gasteiger partial charge on any atom is -0.495 e. The Kier molecular flexibility index (Phi) is 5.95. The lowest BCUT2D eigenvalue weighted by Crippen LogP contribution is -2.32. The van der Waals surface area contributed by atoms with Crippen LogP contribution in [0.3, 0.4) is 0 Å². The summed E-state index contributed by atoms with van der Waals surface area (Å²) in [5, 5.41) is 4.47. The molecule has 1 N–H and O–H groups in total. The number of nitrogens with one attached hydrogen (secondary N) is 1. The van der Waals surface area contributed by atoms with E-state index in [1.165, 1.54) is 11.8 Å². The van der Waals surface area contributed by atoms with E-state index in [4.69, 9.17) is 9.47 Å². The number of hydrogen-bond donors (Lipinski definition) is 1. The molecule has 0 bridgehead atoms. The van der Waals surface area contributed by atoms with E-state index >= 15 is 0 Å². The van der Waals surface area contributed by atoms with Crippen molar-refractivity contribution in [2.75, 3.05) is 20.3 Å². The van der Waals surface area contributed by atoms with Gasteiger partial charge in [0.05, 0.1) is 18.9 Å². The van der Waals surface area contributed by atoms with E-state index in [1.54, 1.807) is 25.2 Å². The second-order valence-corrected chi connectivity index (χ2v) is 9.53. The van der Waals surface area contributed by atoms with Gasteiger partial charge < -0.3 is 9.47 Å². The average molecular weight is 434 g/mol. The van der Waals surface area contributed by atoms with E-state index in [1.807, 2.05) is 0 Å². The number of sulfonamides is 1. The molecule has 0 unspecified atom stereocenters. The molecule has 1 aromatic heterocycles. The molecule has 1 aliphatic heterocycles. The van der Waals surface area contributed by atoms with Gasteiger partial charge in [0.2, 0.25) is 10.0 Å². The van der Waals surface area contributed by atoms with Crippen molar-refractivity contribution in [1.82, 2.24) is 14.5 Å². The SMILES string of the molecule is COc1ccc(-c2nn(C)c(=O)c3c2CCCC3)cc1S(=O)(=O)NC[C@@H]1CCCO1. The number of nitrogens with zero attached hydrogens (tertiary/aromatic N) is 2. The fourth-order valence-electron chi connectivity index (χ4n) is 4.21. The van der Waals surface area contributed by atoms with Crippen LogP contribution in [0.25, 0.3) is 11.3 Å². The van der Waals surface area contributed by atoms with Crippen molar-refractivity contribution < 1.29 is 17.9 Å². The summed E-state index contributed by atoms with van der Waals surface area (Å²) in [4.78, 5) is 12.6. The van der Waals surface area contributed by atoms with E-state index in [9.17, 15) is 13.2 Å². The smallest absolute Gasteiger partial charge is 0.269 e. The van der Waals surface area contributed by atoms with Crippen molar-refractivity contribution in [1.29, 1.82) is 0 Å². The normalized spacial score (nSPS) is 18.9. The number of hydrogen-bond acceptors (Lipinski definition) is 6. The molecule has 8 nitrogen and oxygen atoms in total. The van der Waals surface area contributed by atoms with E-state index in [0.29, 0.717) is 17.9 Å². The molecule has 0 saturated carbocycles. The van der Waals surface area contributed by atoms with Crippen molar-refractivity contribution >= 4 is 10.0 Å². The minimum atomic E-state index is -3.81. The zero-order valence-electron chi connectivity index (χ0n) is 17.3. The topological polar surface area (TPSA) is 99.5 Å². The maximum absolute atomic E-state index is 13.0. The number of rotatable bonds is 6. The fraction of sp³-hybridized carbons (Fsp3) is 0.524. The summed E-state index contributed by atoms with van der Waals surface area (Å²) in [6, 6.07) is 5.01. The Morgan fingerprint density at radius 1 is 1.23 bits per heavy atom. The van der Waals surface area contributed by atoms with Gasteiger partial charge in [-0.2, -0.15) is 5.10 Å². The van der Waals surface area contributed by atoms with Gasteiger partial charge in [0.1, 0.15) is 10.6 Å². The fourth-order valence-corrected chi connectivity index (χ4v) is 5.46. The Balaban J connectivity index is 1.75. The van der Waals surface area contributed by atoms with Gasteiger partial charge in [-0.15, -0.1) is 0 Å². The van der Waals surface area contributed by atoms with Gasteiger partial charge in [0.25, 0.3) is 5.56 Å². The Labute approximate surface area is 176 Å². The number of aryl methyl sites for hydroxylation is 1. The van der Waals surface area contributed by atoms with Gasteiger partial charge >= 0.3 is 0 Å². The lowest BCUT2D eigenvalue weighted by molar-refractivity contribution is 0.114. The average Bonchev–Trinajstić information content (AvgIpc) is 3.28. The van der Waals surface area contributed by atoms with Crippen LogP contribution in [-0.4, -0.2) is 44.6 Å². The molecule has 162 valence electrons. The van der Waals surface area contributed by atoms with Crippen LogP contribution >= 0.6 is 0 Å².